The number of hydrogen-bond donors (Lipinski definition) is 0. The monoisotopic (exact) mass is 151 g/mol. The summed E-state index contributed by atoms with van der Waals surface area (Å²) in [6.07, 6.45) is 1.00. The highest BCUT2D eigenvalue weighted by molar-refractivity contribution is 5.04. The van der Waals surface area contributed by atoms with Crippen LogP contribution in [-0.4, -0.2) is 4.57 Å². The van der Waals surface area contributed by atoms with Crippen LogP contribution in [0, 0.1) is 6.92 Å². The number of rotatable bonds is 2. The molecule has 0 bridgehead atoms. The average Bonchev–Trinajstić information content (AvgIpc) is 1.97. The van der Waals surface area contributed by atoms with Crippen molar-refractivity contribution in [2.75, 3.05) is 0 Å². The number of aromatic nitrogens is 1. The van der Waals surface area contributed by atoms with Gasteiger partial charge in [0.1, 0.15) is 0 Å². The molecular formula is C9H13NO. The molecule has 1 aromatic rings. The SMILES string of the molecule is CCCn1c(C)cccc1=O. The van der Waals surface area contributed by atoms with Crippen molar-refractivity contribution in [3.05, 3.63) is 34.2 Å². The van der Waals surface area contributed by atoms with Crippen LogP contribution in [0.2, 0.25) is 0 Å². The molecule has 0 spiro atoms. The van der Waals surface area contributed by atoms with Crippen LogP contribution in [0.5, 0.6) is 0 Å². The molecule has 0 aromatic carbocycles. The highest BCUT2D eigenvalue weighted by Crippen LogP contribution is 1.94. The first kappa shape index (κ1) is 8.05. The van der Waals surface area contributed by atoms with Crippen molar-refractivity contribution < 1.29 is 0 Å². The van der Waals surface area contributed by atoms with Crippen LogP contribution in [0.3, 0.4) is 0 Å². The quantitative estimate of drug-likeness (QED) is 0.628. The minimum Gasteiger partial charge on any atom is -0.313 e. The molecule has 0 aliphatic heterocycles. The minimum atomic E-state index is 0.104. The summed E-state index contributed by atoms with van der Waals surface area (Å²) in [4.78, 5) is 11.2. The van der Waals surface area contributed by atoms with Gasteiger partial charge in [0.2, 0.25) is 0 Å². The number of hydrogen-bond acceptors (Lipinski definition) is 1. The Hall–Kier alpha value is -1.05. The van der Waals surface area contributed by atoms with Gasteiger partial charge in [-0.05, 0) is 19.4 Å². The van der Waals surface area contributed by atoms with Crippen molar-refractivity contribution in [2.24, 2.45) is 0 Å². The molecule has 0 N–H and O–H groups in total. The van der Waals surface area contributed by atoms with Crippen LogP contribution in [0.4, 0.5) is 0 Å². The molecule has 0 unspecified atom stereocenters. The Morgan fingerprint density at radius 1 is 1.45 bits per heavy atom. The van der Waals surface area contributed by atoms with Crippen molar-refractivity contribution in [2.45, 2.75) is 26.8 Å². The van der Waals surface area contributed by atoms with Gasteiger partial charge in [0.25, 0.3) is 5.56 Å². The Morgan fingerprint density at radius 3 is 2.73 bits per heavy atom. The van der Waals surface area contributed by atoms with E-state index in [1.165, 1.54) is 0 Å². The van der Waals surface area contributed by atoms with E-state index >= 15 is 0 Å². The Bertz CT molecular complexity index is 288. The summed E-state index contributed by atoms with van der Waals surface area (Å²) < 4.78 is 1.79. The van der Waals surface area contributed by atoms with Crippen LogP contribution in [-0.2, 0) is 6.54 Å². The largest absolute Gasteiger partial charge is 0.313 e. The Labute approximate surface area is 66.5 Å². The Kier molecular flexibility index (Phi) is 2.47. The zero-order chi connectivity index (χ0) is 8.27. The van der Waals surface area contributed by atoms with Gasteiger partial charge >= 0.3 is 0 Å². The molecule has 0 saturated heterocycles. The summed E-state index contributed by atoms with van der Waals surface area (Å²) in [5.41, 5.74) is 1.14. The summed E-state index contributed by atoms with van der Waals surface area (Å²) in [5, 5.41) is 0. The second-order valence-electron chi connectivity index (χ2n) is 2.66. The molecule has 2 nitrogen and oxygen atoms in total. The molecule has 60 valence electrons. The first-order chi connectivity index (χ1) is 5.25. The Morgan fingerprint density at radius 2 is 2.18 bits per heavy atom. The van der Waals surface area contributed by atoms with E-state index in [0.29, 0.717) is 0 Å². The third kappa shape index (κ3) is 1.70. The van der Waals surface area contributed by atoms with Gasteiger partial charge in [0.15, 0.2) is 0 Å². The van der Waals surface area contributed by atoms with E-state index in [-0.39, 0.29) is 5.56 Å². The fraction of sp³-hybridized carbons (Fsp3) is 0.444. The highest BCUT2D eigenvalue weighted by Gasteiger charge is 1.95. The normalized spacial score (nSPS) is 10.0. The van der Waals surface area contributed by atoms with E-state index in [1.807, 2.05) is 13.0 Å². The molecule has 0 aliphatic carbocycles. The third-order valence-corrected chi connectivity index (χ3v) is 1.72. The van der Waals surface area contributed by atoms with Gasteiger partial charge in [-0.2, -0.15) is 0 Å². The predicted octanol–water partition coefficient (Wildman–Crippen LogP) is 1.57. The second-order valence-corrected chi connectivity index (χ2v) is 2.66. The van der Waals surface area contributed by atoms with Crippen LogP contribution in [0.15, 0.2) is 23.0 Å². The van der Waals surface area contributed by atoms with E-state index in [9.17, 15) is 4.79 Å². The molecule has 0 saturated carbocycles. The van der Waals surface area contributed by atoms with E-state index < -0.39 is 0 Å². The average molecular weight is 151 g/mol. The molecule has 0 radical (unpaired) electrons. The van der Waals surface area contributed by atoms with Crippen LogP contribution in [0.25, 0.3) is 0 Å². The van der Waals surface area contributed by atoms with Crippen molar-refractivity contribution in [1.82, 2.24) is 4.57 Å². The molecule has 1 rings (SSSR count). The number of aryl methyl sites for hydroxylation is 1. The van der Waals surface area contributed by atoms with Crippen molar-refractivity contribution in [3.8, 4) is 0 Å². The summed E-state index contributed by atoms with van der Waals surface area (Å²) >= 11 is 0. The zero-order valence-electron chi connectivity index (χ0n) is 7.00. The molecule has 1 heterocycles. The van der Waals surface area contributed by atoms with Gasteiger partial charge in [-0.3, -0.25) is 4.79 Å². The van der Waals surface area contributed by atoms with E-state index in [0.717, 1.165) is 18.7 Å². The third-order valence-electron chi connectivity index (χ3n) is 1.72. The molecule has 11 heavy (non-hydrogen) atoms. The lowest BCUT2D eigenvalue weighted by atomic mass is 10.3. The molecule has 0 aliphatic rings. The molecule has 2 heteroatoms. The lowest BCUT2D eigenvalue weighted by molar-refractivity contribution is 0.635. The predicted molar refractivity (Wildman–Crippen MR) is 45.7 cm³/mol. The maximum absolute atomic E-state index is 11.2. The topological polar surface area (TPSA) is 22.0 Å². The Balaban J connectivity index is 3.10. The van der Waals surface area contributed by atoms with Crippen LogP contribution in [0.1, 0.15) is 19.0 Å². The molecule has 1 aromatic heterocycles. The van der Waals surface area contributed by atoms with Crippen molar-refractivity contribution in [1.29, 1.82) is 0 Å². The van der Waals surface area contributed by atoms with Gasteiger partial charge in [-0.25, -0.2) is 0 Å². The lowest BCUT2D eigenvalue weighted by Crippen LogP contribution is -2.20. The standard InChI is InChI=1S/C9H13NO/c1-3-7-10-8(2)5-4-6-9(10)11/h4-6H,3,7H2,1-2H3. The van der Waals surface area contributed by atoms with Gasteiger partial charge in [0.05, 0.1) is 0 Å². The van der Waals surface area contributed by atoms with Gasteiger partial charge in [-0.1, -0.05) is 13.0 Å². The van der Waals surface area contributed by atoms with Gasteiger partial charge < -0.3 is 4.57 Å². The number of nitrogens with zero attached hydrogens (tertiary/aromatic N) is 1. The smallest absolute Gasteiger partial charge is 0.250 e. The molecule has 0 fully saturated rings. The van der Waals surface area contributed by atoms with Crippen LogP contribution < -0.4 is 5.56 Å². The summed E-state index contributed by atoms with van der Waals surface area (Å²) in [7, 11) is 0. The van der Waals surface area contributed by atoms with Crippen molar-refractivity contribution in [3.63, 3.8) is 0 Å². The summed E-state index contributed by atoms with van der Waals surface area (Å²) in [5.74, 6) is 0. The summed E-state index contributed by atoms with van der Waals surface area (Å²) in [6.45, 7) is 4.85. The summed E-state index contributed by atoms with van der Waals surface area (Å²) in [6, 6.07) is 5.35. The van der Waals surface area contributed by atoms with Crippen molar-refractivity contribution >= 4 is 0 Å². The lowest BCUT2D eigenvalue weighted by Gasteiger charge is -2.05. The van der Waals surface area contributed by atoms with E-state index in [1.54, 1.807) is 16.7 Å². The fourth-order valence-corrected chi connectivity index (χ4v) is 1.13. The maximum Gasteiger partial charge on any atom is 0.250 e. The molecule has 0 atom stereocenters. The first-order valence-electron chi connectivity index (χ1n) is 3.92. The zero-order valence-corrected chi connectivity index (χ0v) is 7.00. The van der Waals surface area contributed by atoms with Crippen LogP contribution >= 0.6 is 0 Å². The second kappa shape index (κ2) is 3.37. The molecular weight excluding hydrogens is 138 g/mol. The highest BCUT2D eigenvalue weighted by atomic mass is 16.1. The first-order valence-corrected chi connectivity index (χ1v) is 3.92. The van der Waals surface area contributed by atoms with Gasteiger partial charge in [0, 0.05) is 18.3 Å². The molecule has 0 amide bonds. The fourth-order valence-electron chi connectivity index (χ4n) is 1.13. The van der Waals surface area contributed by atoms with E-state index in [2.05, 4.69) is 6.92 Å². The van der Waals surface area contributed by atoms with Gasteiger partial charge in [-0.15, -0.1) is 0 Å². The number of pyridine rings is 1. The van der Waals surface area contributed by atoms with E-state index in [4.69, 9.17) is 0 Å². The maximum atomic E-state index is 11.2. The minimum absolute atomic E-state index is 0.104.